The molecule has 1 unspecified atom stereocenters. The van der Waals surface area contributed by atoms with E-state index in [-0.39, 0.29) is 17.7 Å². The van der Waals surface area contributed by atoms with Crippen molar-refractivity contribution in [2.45, 2.75) is 25.0 Å². The molecule has 0 aliphatic heterocycles. The summed E-state index contributed by atoms with van der Waals surface area (Å²) < 4.78 is 1.82. The van der Waals surface area contributed by atoms with Gasteiger partial charge >= 0.3 is 5.97 Å². The van der Waals surface area contributed by atoms with E-state index in [0.717, 1.165) is 16.6 Å². The summed E-state index contributed by atoms with van der Waals surface area (Å²) in [7, 11) is 0. The number of nitrogens with zero attached hydrogens (tertiary/aromatic N) is 3. The number of carboxylic acid groups (broad SMARTS) is 1. The summed E-state index contributed by atoms with van der Waals surface area (Å²) in [6, 6.07) is 4.04. The Bertz CT molecular complexity index is 580. The third-order valence-electron chi connectivity index (χ3n) is 2.76. The highest BCUT2D eigenvalue weighted by Gasteiger charge is 2.25. The van der Waals surface area contributed by atoms with Crippen molar-refractivity contribution in [2.24, 2.45) is 5.92 Å². The number of nitrogen functional groups attached to an aromatic ring is 1. The van der Waals surface area contributed by atoms with Gasteiger partial charge < -0.3 is 10.8 Å². The summed E-state index contributed by atoms with van der Waals surface area (Å²) in [6.45, 7) is 4.19. The molecule has 0 aromatic carbocycles. The van der Waals surface area contributed by atoms with Crippen LogP contribution in [0, 0.1) is 5.92 Å². The lowest BCUT2D eigenvalue weighted by Gasteiger charge is -2.23. The molecule has 0 amide bonds. The van der Waals surface area contributed by atoms with Crippen LogP contribution in [0.4, 0.5) is 5.95 Å². The molecule has 20 heavy (non-hydrogen) atoms. The molecule has 0 fully saturated rings. The third kappa shape index (κ3) is 3.13. The van der Waals surface area contributed by atoms with E-state index in [2.05, 4.69) is 24.0 Å². The maximum absolute atomic E-state index is 10.7. The van der Waals surface area contributed by atoms with Crippen LogP contribution in [0.15, 0.2) is 22.7 Å². The number of hydrogen-bond acceptors (Lipinski definition) is 6. The molecule has 0 aliphatic rings. The number of thiophene rings is 1. The minimum atomic E-state index is -0.889. The monoisotopic (exact) mass is 312 g/mol. The second kappa shape index (κ2) is 6.27. The predicted molar refractivity (Wildman–Crippen MR) is 80.1 cm³/mol. The number of carbonyl (C=O) groups is 1. The van der Waals surface area contributed by atoms with Crippen molar-refractivity contribution in [3.05, 3.63) is 22.4 Å². The Morgan fingerprint density at radius 3 is 2.85 bits per heavy atom. The van der Waals surface area contributed by atoms with Crippen molar-refractivity contribution >= 4 is 35.0 Å². The number of carboxylic acids is 1. The SMILES string of the molecule is CC(C)C(c1cccs1)n1c(N)nnc1SCC(=O)O. The van der Waals surface area contributed by atoms with Gasteiger partial charge in [0.15, 0.2) is 5.16 Å². The number of aliphatic carboxylic acids is 1. The Morgan fingerprint density at radius 1 is 1.55 bits per heavy atom. The van der Waals surface area contributed by atoms with Gasteiger partial charge in [-0.1, -0.05) is 31.7 Å². The molecular weight excluding hydrogens is 296 g/mol. The van der Waals surface area contributed by atoms with Gasteiger partial charge in [0.05, 0.1) is 11.8 Å². The fourth-order valence-electron chi connectivity index (χ4n) is 1.99. The van der Waals surface area contributed by atoms with Crippen LogP contribution < -0.4 is 5.73 Å². The summed E-state index contributed by atoms with van der Waals surface area (Å²) in [5, 5.41) is 19.2. The van der Waals surface area contributed by atoms with Crippen molar-refractivity contribution < 1.29 is 9.90 Å². The molecule has 2 aromatic heterocycles. The highest BCUT2D eigenvalue weighted by Crippen LogP contribution is 2.34. The van der Waals surface area contributed by atoms with Crippen LogP contribution in [0.5, 0.6) is 0 Å². The minimum absolute atomic E-state index is 0.0151. The molecule has 0 spiro atoms. The molecule has 2 heterocycles. The Kier molecular flexibility index (Phi) is 4.66. The van der Waals surface area contributed by atoms with E-state index < -0.39 is 5.97 Å². The lowest BCUT2D eigenvalue weighted by atomic mass is 10.0. The largest absolute Gasteiger partial charge is 0.481 e. The topological polar surface area (TPSA) is 94.0 Å². The van der Waals surface area contributed by atoms with E-state index in [1.165, 1.54) is 0 Å². The lowest BCUT2D eigenvalue weighted by molar-refractivity contribution is -0.133. The number of rotatable bonds is 6. The molecule has 8 heteroatoms. The van der Waals surface area contributed by atoms with Gasteiger partial charge in [-0.25, -0.2) is 0 Å². The van der Waals surface area contributed by atoms with E-state index >= 15 is 0 Å². The summed E-state index contributed by atoms with van der Waals surface area (Å²) in [4.78, 5) is 11.9. The summed E-state index contributed by atoms with van der Waals surface area (Å²) in [6.07, 6.45) is 0. The molecule has 0 saturated heterocycles. The number of thioether (sulfide) groups is 1. The van der Waals surface area contributed by atoms with Crippen LogP contribution in [0.25, 0.3) is 0 Å². The Labute approximate surface area is 125 Å². The Balaban J connectivity index is 2.38. The fourth-order valence-corrected chi connectivity index (χ4v) is 3.67. The van der Waals surface area contributed by atoms with Gasteiger partial charge in [0.25, 0.3) is 0 Å². The first-order chi connectivity index (χ1) is 9.50. The van der Waals surface area contributed by atoms with Gasteiger partial charge in [0.1, 0.15) is 0 Å². The standard InChI is InChI=1S/C12H16N4O2S2/c1-7(2)10(8-4-3-5-19-8)16-11(13)14-15-12(16)20-6-9(17)18/h3-5,7,10H,6H2,1-2H3,(H2,13,14)(H,17,18). The van der Waals surface area contributed by atoms with E-state index in [0.29, 0.717) is 11.1 Å². The number of anilines is 1. The van der Waals surface area contributed by atoms with Crippen LogP contribution >= 0.6 is 23.1 Å². The molecular formula is C12H16N4O2S2. The van der Waals surface area contributed by atoms with Crippen LogP contribution in [0.3, 0.4) is 0 Å². The number of aromatic nitrogens is 3. The van der Waals surface area contributed by atoms with Crippen molar-refractivity contribution in [3.63, 3.8) is 0 Å². The molecule has 108 valence electrons. The Hall–Kier alpha value is -1.54. The molecule has 1 atom stereocenters. The second-order valence-corrected chi connectivity index (χ2v) is 6.52. The lowest BCUT2D eigenvalue weighted by Crippen LogP contribution is -2.19. The molecule has 0 radical (unpaired) electrons. The maximum Gasteiger partial charge on any atom is 0.313 e. The van der Waals surface area contributed by atoms with E-state index in [9.17, 15) is 4.79 Å². The molecule has 0 bridgehead atoms. The quantitative estimate of drug-likeness (QED) is 0.795. The smallest absolute Gasteiger partial charge is 0.313 e. The molecule has 6 nitrogen and oxygen atoms in total. The maximum atomic E-state index is 10.7. The number of nitrogens with two attached hydrogens (primary N) is 1. The van der Waals surface area contributed by atoms with Crippen molar-refractivity contribution in [1.29, 1.82) is 0 Å². The first kappa shape index (κ1) is 14.9. The van der Waals surface area contributed by atoms with E-state index in [1.54, 1.807) is 11.3 Å². The van der Waals surface area contributed by atoms with Crippen LogP contribution in [-0.2, 0) is 4.79 Å². The van der Waals surface area contributed by atoms with Gasteiger partial charge in [0.2, 0.25) is 5.95 Å². The van der Waals surface area contributed by atoms with Gasteiger partial charge in [-0.3, -0.25) is 9.36 Å². The highest BCUT2D eigenvalue weighted by atomic mass is 32.2. The van der Waals surface area contributed by atoms with E-state index in [1.807, 2.05) is 22.1 Å². The third-order valence-corrected chi connectivity index (χ3v) is 4.63. The zero-order chi connectivity index (χ0) is 14.7. The summed E-state index contributed by atoms with van der Waals surface area (Å²) >= 11 is 2.78. The van der Waals surface area contributed by atoms with Crippen molar-refractivity contribution in [2.75, 3.05) is 11.5 Å². The molecule has 0 saturated carbocycles. The number of hydrogen-bond donors (Lipinski definition) is 2. The highest BCUT2D eigenvalue weighted by molar-refractivity contribution is 7.99. The Morgan fingerprint density at radius 2 is 2.30 bits per heavy atom. The van der Waals surface area contributed by atoms with Crippen LogP contribution in [-0.4, -0.2) is 31.6 Å². The zero-order valence-corrected chi connectivity index (χ0v) is 12.8. The van der Waals surface area contributed by atoms with Gasteiger partial charge in [-0.05, 0) is 17.4 Å². The average Bonchev–Trinajstić information content (AvgIpc) is 2.99. The first-order valence-corrected chi connectivity index (χ1v) is 7.95. The summed E-state index contributed by atoms with van der Waals surface area (Å²) in [5.41, 5.74) is 5.93. The van der Waals surface area contributed by atoms with Crippen molar-refractivity contribution in [3.8, 4) is 0 Å². The van der Waals surface area contributed by atoms with E-state index in [4.69, 9.17) is 10.8 Å². The molecule has 0 aliphatic carbocycles. The molecule has 2 aromatic rings. The fraction of sp³-hybridized carbons (Fsp3) is 0.417. The summed E-state index contributed by atoms with van der Waals surface area (Å²) in [5.74, 6) is -0.352. The zero-order valence-electron chi connectivity index (χ0n) is 11.2. The first-order valence-electron chi connectivity index (χ1n) is 6.09. The van der Waals surface area contributed by atoms with Crippen LogP contribution in [0.1, 0.15) is 24.8 Å². The normalized spacial score (nSPS) is 12.8. The predicted octanol–water partition coefficient (Wildman–Crippen LogP) is 2.34. The van der Waals surface area contributed by atoms with Crippen molar-refractivity contribution in [1.82, 2.24) is 14.8 Å². The molecule has 2 rings (SSSR count). The van der Waals surface area contributed by atoms with Crippen LogP contribution in [0.2, 0.25) is 0 Å². The second-order valence-electron chi connectivity index (χ2n) is 4.60. The van der Waals surface area contributed by atoms with Gasteiger partial charge in [-0.2, -0.15) is 0 Å². The minimum Gasteiger partial charge on any atom is -0.481 e. The average molecular weight is 312 g/mol. The van der Waals surface area contributed by atoms with Gasteiger partial charge in [0, 0.05) is 4.88 Å². The van der Waals surface area contributed by atoms with Gasteiger partial charge in [-0.15, -0.1) is 21.5 Å². The molecule has 3 N–H and O–H groups in total.